The largest absolute Gasteiger partial charge is 0.297 e. The van der Waals surface area contributed by atoms with Gasteiger partial charge in [-0.3, -0.25) is 10.4 Å². The van der Waals surface area contributed by atoms with Crippen molar-refractivity contribution in [1.82, 2.24) is 0 Å². The van der Waals surface area contributed by atoms with Gasteiger partial charge in [-0.2, -0.15) is 0 Å². The Morgan fingerprint density at radius 3 is 2.25 bits per heavy atom. The monoisotopic (exact) mass is 232 g/mol. The lowest BCUT2D eigenvalue weighted by atomic mass is 10.3. The number of hydrazine groups is 1. The Morgan fingerprint density at radius 1 is 0.938 bits per heavy atom. The molecule has 0 aliphatic heterocycles. The molecule has 3 heteroatoms. The molecule has 82 valence electrons. The number of nitrogens with zero attached hydrogens (tertiary/aromatic N) is 1. The van der Waals surface area contributed by atoms with Gasteiger partial charge in [-0.05, 0) is 24.3 Å². The van der Waals surface area contributed by atoms with E-state index in [4.69, 9.17) is 11.6 Å². The van der Waals surface area contributed by atoms with Gasteiger partial charge in [-0.15, -0.1) is 0 Å². The summed E-state index contributed by atoms with van der Waals surface area (Å²) in [5.41, 5.74) is 5.21. The first-order chi connectivity index (χ1) is 7.77. The van der Waals surface area contributed by atoms with Crippen LogP contribution in [0.15, 0.2) is 54.6 Å². The highest BCUT2D eigenvalue weighted by atomic mass is 35.5. The number of halogens is 1. The lowest BCUT2D eigenvalue weighted by molar-refractivity contribution is 1.09. The lowest BCUT2D eigenvalue weighted by Crippen LogP contribution is -2.24. The van der Waals surface area contributed by atoms with Crippen molar-refractivity contribution in [2.24, 2.45) is 0 Å². The van der Waals surface area contributed by atoms with Gasteiger partial charge in [0, 0.05) is 7.05 Å². The number of hydrogen-bond acceptors (Lipinski definition) is 2. The second-order valence-corrected chi connectivity index (χ2v) is 3.89. The van der Waals surface area contributed by atoms with Gasteiger partial charge in [0.25, 0.3) is 0 Å². The van der Waals surface area contributed by atoms with Gasteiger partial charge in [-0.25, -0.2) is 0 Å². The minimum absolute atomic E-state index is 0.713. The zero-order chi connectivity index (χ0) is 11.4. The maximum absolute atomic E-state index is 6.07. The summed E-state index contributed by atoms with van der Waals surface area (Å²) in [4.78, 5) is 0. The van der Waals surface area contributed by atoms with Crippen LogP contribution in [-0.4, -0.2) is 7.05 Å². The summed E-state index contributed by atoms with van der Waals surface area (Å²) in [6, 6.07) is 17.7. The molecule has 0 unspecified atom stereocenters. The summed E-state index contributed by atoms with van der Waals surface area (Å²) in [7, 11) is 1.96. The molecule has 0 spiro atoms. The minimum Gasteiger partial charge on any atom is -0.297 e. The molecule has 0 fully saturated rings. The summed E-state index contributed by atoms with van der Waals surface area (Å²) in [6.07, 6.45) is 0. The van der Waals surface area contributed by atoms with Crippen molar-refractivity contribution in [1.29, 1.82) is 0 Å². The number of rotatable bonds is 3. The van der Waals surface area contributed by atoms with Crippen LogP contribution in [0.25, 0.3) is 0 Å². The Balaban J connectivity index is 2.14. The third-order valence-electron chi connectivity index (χ3n) is 2.31. The first-order valence-corrected chi connectivity index (χ1v) is 5.45. The molecule has 0 aliphatic carbocycles. The first kappa shape index (κ1) is 10.8. The summed E-state index contributed by atoms with van der Waals surface area (Å²) in [6.45, 7) is 0. The summed E-state index contributed by atoms with van der Waals surface area (Å²) in [5, 5.41) is 2.64. The third kappa shape index (κ3) is 2.47. The van der Waals surface area contributed by atoms with Gasteiger partial charge in [0.1, 0.15) is 0 Å². The van der Waals surface area contributed by atoms with E-state index in [1.807, 2.05) is 66.7 Å². The zero-order valence-electron chi connectivity index (χ0n) is 9.02. The van der Waals surface area contributed by atoms with Gasteiger partial charge in [0.15, 0.2) is 0 Å². The summed E-state index contributed by atoms with van der Waals surface area (Å²) in [5.74, 6) is 0. The van der Waals surface area contributed by atoms with E-state index in [-0.39, 0.29) is 0 Å². The smallest absolute Gasteiger partial charge is 0.0728 e. The van der Waals surface area contributed by atoms with Crippen LogP contribution in [0.1, 0.15) is 0 Å². The van der Waals surface area contributed by atoms with Gasteiger partial charge in [0.2, 0.25) is 0 Å². The van der Waals surface area contributed by atoms with Gasteiger partial charge >= 0.3 is 0 Å². The molecule has 16 heavy (non-hydrogen) atoms. The SMILES string of the molecule is CN(Nc1ccccc1Cl)c1ccccc1. The summed E-state index contributed by atoms with van der Waals surface area (Å²) >= 11 is 6.07. The molecule has 2 nitrogen and oxygen atoms in total. The second-order valence-electron chi connectivity index (χ2n) is 3.49. The van der Waals surface area contributed by atoms with Crippen LogP contribution in [0, 0.1) is 0 Å². The number of benzene rings is 2. The molecule has 0 bridgehead atoms. The van der Waals surface area contributed by atoms with Crippen molar-refractivity contribution in [3.05, 3.63) is 59.6 Å². The number of nitrogens with one attached hydrogen (secondary N) is 1. The Bertz CT molecular complexity index is 456. The maximum atomic E-state index is 6.07. The van der Waals surface area contributed by atoms with Crippen LogP contribution in [0.5, 0.6) is 0 Å². The molecule has 0 radical (unpaired) electrons. The van der Waals surface area contributed by atoms with Crippen LogP contribution < -0.4 is 10.4 Å². The van der Waals surface area contributed by atoms with Crippen molar-refractivity contribution < 1.29 is 0 Å². The maximum Gasteiger partial charge on any atom is 0.0728 e. The number of hydrogen-bond donors (Lipinski definition) is 1. The highest BCUT2D eigenvalue weighted by Crippen LogP contribution is 2.22. The van der Waals surface area contributed by atoms with E-state index in [0.717, 1.165) is 11.4 Å². The Morgan fingerprint density at radius 2 is 1.56 bits per heavy atom. The van der Waals surface area contributed by atoms with Crippen molar-refractivity contribution >= 4 is 23.0 Å². The molecular weight excluding hydrogens is 220 g/mol. The van der Waals surface area contributed by atoms with E-state index < -0.39 is 0 Å². The molecule has 0 aliphatic rings. The minimum atomic E-state index is 0.713. The fourth-order valence-corrected chi connectivity index (χ4v) is 1.63. The fourth-order valence-electron chi connectivity index (χ4n) is 1.45. The molecule has 0 heterocycles. The quantitative estimate of drug-likeness (QED) is 0.810. The van der Waals surface area contributed by atoms with Crippen LogP contribution in [0.3, 0.4) is 0 Å². The molecule has 2 aromatic rings. The first-order valence-electron chi connectivity index (χ1n) is 5.07. The standard InChI is InChI=1S/C13H13ClN2/c1-16(11-7-3-2-4-8-11)15-13-10-6-5-9-12(13)14/h2-10,15H,1H3. The normalized spacial score (nSPS) is 9.88. The van der Waals surface area contributed by atoms with E-state index >= 15 is 0 Å². The topological polar surface area (TPSA) is 15.3 Å². The molecular formula is C13H13ClN2. The van der Waals surface area contributed by atoms with Crippen LogP contribution in [-0.2, 0) is 0 Å². The number of anilines is 2. The molecule has 2 rings (SSSR count). The van der Waals surface area contributed by atoms with E-state index in [1.165, 1.54) is 0 Å². The van der Waals surface area contributed by atoms with Crippen molar-refractivity contribution in [3.8, 4) is 0 Å². The van der Waals surface area contributed by atoms with Crippen LogP contribution >= 0.6 is 11.6 Å². The lowest BCUT2D eigenvalue weighted by Gasteiger charge is -2.22. The van der Waals surface area contributed by atoms with Crippen molar-refractivity contribution in [2.75, 3.05) is 17.5 Å². The molecule has 1 N–H and O–H groups in total. The van der Waals surface area contributed by atoms with Crippen molar-refractivity contribution in [2.45, 2.75) is 0 Å². The second kappa shape index (κ2) is 4.90. The zero-order valence-corrected chi connectivity index (χ0v) is 9.78. The van der Waals surface area contributed by atoms with E-state index in [0.29, 0.717) is 5.02 Å². The molecule has 2 aromatic carbocycles. The molecule has 0 saturated carbocycles. The molecule has 0 atom stereocenters. The Kier molecular flexibility index (Phi) is 3.32. The molecule has 0 aromatic heterocycles. The Hall–Kier alpha value is -1.67. The van der Waals surface area contributed by atoms with E-state index in [9.17, 15) is 0 Å². The van der Waals surface area contributed by atoms with Crippen LogP contribution in [0.4, 0.5) is 11.4 Å². The van der Waals surface area contributed by atoms with Gasteiger partial charge in [0.05, 0.1) is 16.4 Å². The molecule has 0 amide bonds. The van der Waals surface area contributed by atoms with Crippen molar-refractivity contribution in [3.63, 3.8) is 0 Å². The highest BCUT2D eigenvalue weighted by Gasteiger charge is 2.02. The van der Waals surface area contributed by atoms with E-state index in [2.05, 4.69) is 5.43 Å². The molecule has 0 saturated heterocycles. The third-order valence-corrected chi connectivity index (χ3v) is 2.64. The van der Waals surface area contributed by atoms with E-state index in [1.54, 1.807) is 0 Å². The van der Waals surface area contributed by atoms with Gasteiger partial charge in [-0.1, -0.05) is 41.9 Å². The van der Waals surface area contributed by atoms with Crippen LogP contribution in [0.2, 0.25) is 5.02 Å². The average Bonchev–Trinajstić information content (AvgIpc) is 2.33. The predicted octanol–water partition coefficient (Wildman–Crippen LogP) is 3.80. The number of para-hydroxylation sites is 2. The highest BCUT2D eigenvalue weighted by molar-refractivity contribution is 6.33. The predicted molar refractivity (Wildman–Crippen MR) is 69.9 cm³/mol. The summed E-state index contributed by atoms with van der Waals surface area (Å²) < 4.78 is 0. The van der Waals surface area contributed by atoms with Gasteiger partial charge < -0.3 is 0 Å². The fraction of sp³-hybridized carbons (Fsp3) is 0.0769. The Labute approximate surface area is 100 Å². The average molecular weight is 233 g/mol.